The van der Waals surface area contributed by atoms with Crippen molar-refractivity contribution in [3.8, 4) is 12.3 Å². The van der Waals surface area contributed by atoms with E-state index in [2.05, 4.69) is 21.1 Å². The molecule has 1 aromatic rings. The number of terminal acetylenes is 1. The summed E-state index contributed by atoms with van der Waals surface area (Å²) in [6.45, 7) is 1.91. The highest BCUT2D eigenvalue weighted by Gasteiger charge is 2.06. The van der Waals surface area contributed by atoms with Crippen molar-refractivity contribution in [2.45, 2.75) is 19.3 Å². The van der Waals surface area contributed by atoms with Crippen molar-refractivity contribution in [3.63, 3.8) is 0 Å². The lowest BCUT2D eigenvalue weighted by molar-refractivity contribution is 0.729. The van der Waals surface area contributed by atoms with E-state index in [4.69, 9.17) is 6.42 Å². The second-order valence-electron chi connectivity index (χ2n) is 2.36. The van der Waals surface area contributed by atoms with Crippen molar-refractivity contribution in [1.82, 2.24) is 15.2 Å². The fourth-order valence-corrected chi connectivity index (χ4v) is 0.790. The van der Waals surface area contributed by atoms with Crippen molar-refractivity contribution in [3.05, 3.63) is 16.3 Å². The highest BCUT2D eigenvalue weighted by atomic mass is 16.1. The normalized spacial score (nSPS) is 12.4. The fourth-order valence-electron chi connectivity index (χ4n) is 0.790. The first-order chi connectivity index (χ1) is 5.24. The Kier molecular flexibility index (Phi) is 2.12. The number of aromatic amines is 2. The Morgan fingerprint density at radius 1 is 1.73 bits per heavy atom. The van der Waals surface area contributed by atoms with Crippen LogP contribution in [-0.4, -0.2) is 15.2 Å². The molecule has 4 nitrogen and oxygen atoms in total. The summed E-state index contributed by atoms with van der Waals surface area (Å²) in [4.78, 5) is 14.2. The molecule has 0 aromatic carbocycles. The van der Waals surface area contributed by atoms with Crippen molar-refractivity contribution < 1.29 is 0 Å². The van der Waals surface area contributed by atoms with Gasteiger partial charge in [-0.2, -0.15) is 4.98 Å². The van der Waals surface area contributed by atoms with Crippen LogP contribution in [-0.2, 0) is 0 Å². The van der Waals surface area contributed by atoms with Gasteiger partial charge < -0.3 is 0 Å². The van der Waals surface area contributed by atoms with Gasteiger partial charge in [-0.1, -0.05) is 6.92 Å². The highest BCUT2D eigenvalue weighted by Crippen LogP contribution is 2.10. The predicted octanol–water partition coefficient (Wildman–Crippen LogP) is 0.225. The van der Waals surface area contributed by atoms with E-state index in [-0.39, 0.29) is 11.6 Å². The van der Waals surface area contributed by atoms with E-state index in [1.165, 1.54) is 0 Å². The van der Waals surface area contributed by atoms with Gasteiger partial charge in [0.25, 0.3) is 0 Å². The summed E-state index contributed by atoms with van der Waals surface area (Å²) in [6, 6.07) is 0. The molecule has 1 heterocycles. The molecule has 1 atom stereocenters. The zero-order valence-electron chi connectivity index (χ0n) is 6.22. The van der Waals surface area contributed by atoms with Gasteiger partial charge in [-0.05, 0) is 0 Å². The van der Waals surface area contributed by atoms with Crippen LogP contribution in [0.15, 0.2) is 4.79 Å². The number of aromatic nitrogens is 3. The molecule has 0 radical (unpaired) electrons. The molecule has 0 saturated heterocycles. The summed E-state index contributed by atoms with van der Waals surface area (Å²) in [5, 5.41) is 4.99. The molecule has 11 heavy (non-hydrogen) atoms. The molecule has 0 amide bonds. The maximum Gasteiger partial charge on any atom is 0.361 e. The summed E-state index contributed by atoms with van der Waals surface area (Å²) in [7, 11) is 0. The SMILES string of the molecule is C#CCC(C)c1nc(=O)[nH][nH]1. The van der Waals surface area contributed by atoms with Gasteiger partial charge in [-0.15, -0.1) is 12.3 Å². The Bertz CT molecular complexity index is 317. The van der Waals surface area contributed by atoms with Gasteiger partial charge in [-0.3, -0.25) is 5.10 Å². The molecule has 1 unspecified atom stereocenters. The van der Waals surface area contributed by atoms with Crippen LogP contribution in [0.2, 0.25) is 0 Å². The molecule has 1 aromatic heterocycles. The van der Waals surface area contributed by atoms with Gasteiger partial charge in [0.1, 0.15) is 5.82 Å². The minimum atomic E-state index is -0.358. The molecule has 0 saturated carbocycles. The molecule has 0 bridgehead atoms. The Hall–Kier alpha value is -1.50. The molecule has 0 fully saturated rings. The zero-order valence-corrected chi connectivity index (χ0v) is 6.22. The Balaban J connectivity index is 2.78. The van der Waals surface area contributed by atoms with Crippen molar-refractivity contribution in [2.75, 3.05) is 0 Å². The summed E-state index contributed by atoms with van der Waals surface area (Å²) in [5.74, 6) is 3.23. The lowest BCUT2D eigenvalue weighted by atomic mass is 10.1. The first-order valence-electron chi connectivity index (χ1n) is 3.32. The summed E-state index contributed by atoms with van der Waals surface area (Å²) >= 11 is 0. The number of nitrogens with one attached hydrogen (secondary N) is 2. The van der Waals surface area contributed by atoms with Gasteiger partial charge in [0.15, 0.2) is 0 Å². The quantitative estimate of drug-likeness (QED) is 0.594. The topological polar surface area (TPSA) is 61.5 Å². The van der Waals surface area contributed by atoms with E-state index in [1.807, 2.05) is 6.92 Å². The van der Waals surface area contributed by atoms with Gasteiger partial charge in [-0.25, -0.2) is 9.89 Å². The number of rotatable bonds is 2. The third kappa shape index (κ3) is 1.71. The first kappa shape index (κ1) is 7.61. The molecule has 1 rings (SSSR count). The Labute approximate surface area is 64.0 Å². The number of nitrogens with zero attached hydrogens (tertiary/aromatic N) is 1. The average Bonchev–Trinajstić information content (AvgIpc) is 2.36. The lowest BCUT2D eigenvalue weighted by Crippen LogP contribution is -2.02. The van der Waals surface area contributed by atoms with E-state index in [0.717, 1.165) is 0 Å². The molecule has 2 N–H and O–H groups in total. The smallest absolute Gasteiger partial charge is 0.283 e. The average molecular weight is 151 g/mol. The number of hydrogen-bond acceptors (Lipinski definition) is 2. The van der Waals surface area contributed by atoms with E-state index in [9.17, 15) is 4.79 Å². The number of H-pyrrole nitrogens is 2. The monoisotopic (exact) mass is 151 g/mol. The third-order valence-corrected chi connectivity index (χ3v) is 1.41. The van der Waals surface area contributed by atoms with Crippen LogP contribution in [0.3, 0.4) is 0 Å². The molecular formula is C7H9N3O. The first-order valence-corrected chi connectivity index (χ1v) is 3.32. The van der Waals surface area contributed by atoms with Crippen LogP contribution in [0, 0.1) is 12.3 Å². The van der Waals surface area contributed by atoms with Crippen molar-refractivity contribution >= 4 is 0 Å². The Morgan fingerprint density at radius 3 is 2.91 bits per heavy atom. The predicted molar refractivity (Wildman–Crippen MR) is 41.1 cm³/mol. The molecule has 58 valence electrons. The molecule has 0 spiro atoms. The highest BCUT2D eigenvalue weighted by molar-refractivity contribution is 4.98. The van der Waals surface area contributed by atoms with Crippen LogP contribution >= 0.6 is 0 Å². The van der Waals surface area contributed by atoms with E-state index >= 15 is 0 Å². The van der Waals surface area contributed by atoms with Gasteiger partial charge in [0, 0.05) is 12.3 Å². The molecule has 4 heteroatoms. The van der Waals surface area contributed by atoms with Crippen molar-refractivity contribution in [2.24, 2.45) is 0 Å². The van der Waals surface area contributed by atoms with Crippen LogP contribution < -0.4 is 5.69 Å². The molecule has 0 aliphatic rings. The zero-order chi connectivity index (χ0) is 8.27. The summed E-state index contributed by atoms with van der Waals surface area (Å²) in [5.41, 5.74) is -0.358. The third-order valence-electron chi connectivity index (χ3n) is 1.41. The molecular weight excluding hydrogens is 142 g/mol. The minimum Gasteiger partial charge on any atom is -0.283 e. The van der Waals surface area contributed by atoms with Gasteiger partial charge in [0.05, 0.1) is 0 Å². The maximum atomic E-state index is 10.5. The minimum absolute atomic E-state index is 0.110. The molecule has 0 aliphatic carbocycles. The van der Waals surface area contributed by atoms with Gasteiger partial charge >= 0.3 is 5.69 Å². The molecule has 0 aliphatic heterocycles. The van der Waals surface area contributed by atoms with Crippen LogP contribution in [0.25, 0.3) is 0 Å². The van der Waals surface area contributed by atoms with Crippen molar-refractivity contribution in [1.29, 1.82) is 0 Å². The largest absolute Gasteiger partial charge is 0.361 e. The fraction of sp³-hybridized carbons (Fsp3) is 0.429. The van der Waals surface area contributed by atoms with E-state index < -0.39 is 0 Å². The summed E-state index contributed by atoms with van der Waals surface area (Å²) < 4.78 is 0. The Morgan fingerprint density at radius 2 is 2.45 bits per heavy atom. The van der Waals surface area contributed by atoms with Gasteiger partial charge in [0.2, 0.25) is 0 Å². The van der Waals surface area contributed by atoms with E-state index in [0.29, 0.717) is 12.2 Å². The number of hydrogen-bond donors (Lipinski definition) is 2. The second kappa shape index (κ2) is 3.06. The summed E-state index contributed by atoms with van der Waals surface area (Å²) in [6.07, 6.45) is 5.68. The lowest BCUT2D eigenvalue weighted by Gasteiger charge is -1.99. The van der Waals surface area contributed by atoms with Crippen LogP contribution in [0.1, 0.15) is 25.1 Å². The van der Waals surface area contributed by atoms with E-state index in [1.54, 1.807) is 0 Å². The van der Waals surface area contributed by atoms with Crippen LogP contribution in [0.5, 0.6) is 0 Å². The maximum absolute atomic E-state index is 10.5. The standard InChI is InChI=1S/C7H9N3O/c1-3-4-5(2)6-8-7(11)10-9-6/h1,5H,4H2,2H3,(H2,8,9,10,11). The van der Waals surface area contributed by atoms with Crippen LogP contribution in [0.4, 0.5) is 0 Å². The second-order valence-corrected chi connectivity index (χ2v) is 2.36.